The molecule has 6 nitrogen and oxygen atoms in total. The van der Waals surface area contributed by atoms with Gasteiger partial charge in [-0.1, -0.05) is 29.8 Å². The molecule has 8 heteroatoms. The molecule has 0 aliphatic heterocycles. The van der Waals surface area contributed by atoms with Crippen LogP contribution in [0.4, 0.5) is 0 Å². The lowest BCUT2D eigenvalue weighted by molar-refractivity contribution is 0.799. The summed E-state index contributed by atoms with van der Waals surface area (Å²) in [6.45, 7) is 4.22. The number of nitrogens with one attached hydrogen (secondary N) is 2. The van der Waals surface area contributed by atoms with Gasteiger partial charge in [-0.25, -0.2) is 15.0 Å². The molecule has 0 atom stereocenters. The third-order valence-electron chi connectivity index (χ3n) is 3.96. The van der Waals surface area contributed by atoms with Gasteiger partial charge in [-0.2, -0.15) is 0 Å². The Balaban J connectivity index is 0.00000280. The Bertz CT molecular complexity index is 847. The van der Waals surface area contributed by atoms with Gasteiger partial charge in [0.15, 0.2) is 5.96 Å². The number of halogens is 2. The molecule has 0 radical (unpaired) electrons. The number of imidazole rings is 1. The van der Waals surface area contributed by atoms with Crippen LogP contribution in [0.5, 0.6) is 0 Å². The minimum absolute atomic E-state index is 0. The Labute approximate surface area is 187 Å². The molecule has 1 aromatic carbocycles. The van der Waals surface area contributed by atoms with Crippen LogP contribution in [0.2, 0.25) is 5.02 Å². The maximum atomic E-state index is 5.92. The summed E-state index contributed by atoms with van der Waals surface area (Å²) in [6.07, 6.45) is 8.08. The predicted octanol–water partition coefficient (Wildman–Crippen LogP) is 3.84. The van der Waals surface area contributed by atoms with Crippen molar-refractivity contribution < 1.29 is 0 Å². The molecule has 0 aliphatic rings. The third kappa shape index (κ3) is 6.79. The van der Waals surface area contributed by atoms with Crippen molar-refractivity contribution in [1.29, 1.82) is 0 Å². The molecule has 0 spiro atoms. The molecule has 3 aromatic rings. The van der Waals surface area contributed by atoms with Gasteiger partial charge in [0.25, 0.3) is 0 Å². The Kier molecular flexibility index (Phi) is 9.22. The van der Waals surface area contributed by atoms with Crippen LogP contribution < -0.4 is 10.6 Å². The lowest BCUT2D eigenvalue weighted by Gasteiger charge is -2.11. The van der Waals surface area contributed by atoms with Gasteiger partial charge in [0.2, 0.25) is 0 Å². The van der Waals surface area contributed by atoms with Gasteiger partial charge in [-0.05, 0) is 42.7 Å². The van der Waals surface area contributed by atoms with E-state index in [9.17, 15) is 0 Å². The molecule has 2 aromatic heterocycles. The Morgan fingerprint density at radius 2 is 1.89 bits per heavy atom. The lowest BCUT2D eigenvalue weighted by atomic mass is 10.1. The zero-order valence-corrected chi connectivity index (χ0v) is 18.8. The van der Waals surface area contributed by atoms with Gasteiger partial charge < -0.3 is 10.6 Å². The van der Waals surface area contributed by atoms with E-state index in [1.54, 1.807) is 12.5 Å². The summed E-state index contributed by atoms with van der Waals surface area (Å²) >= 11 is 5.92. The second kappa shape index (κ2) is 11.7. The standard InChI is InChI=1S/C20H23ClN6.HI/c1-2-23-20(24-10-9-16-3-6-18(21)7-4-16)26-14-17-5-8-19(25-13-17)27-12-11-22-15-27;/h3-8,11-13,15H,2,9-10,14H2,1H3,(H2,23,24,26);1H. The highest BCUT2D eigenvalue weighted by molar-refractivity contribution is 14.0. The molecule has 0 saturated heterocycles. The summed E-state index contributed by atoms with van der Waals surface area (Å²) in [6, 6.07) is 11.9. The quantitative estimate of drug-likeness (QED) is 0.288. The van der Waals surface area contributed by atoms with E-state index < -0.39 is 0 Å². The maximum absolute atomic E-state index is 5.92. The number of rotatable bonds is 7. The molecule has 0 fully saturated rings. The monoisotopic (exact) mass is 510 g/mol. The van der Waals surface area contributed by atoms with Crippen molar-refractivity contribution in [2.24, 2.45) is 4.99 Å². The molecule has 3 rings (SSSR count). The SMILES string of the molecule is CCNC(=NCc1ccc(-n2ccnc2)nc1)NCCc1ccc(Cl)cc1.I. The summed E-state index contributed by atoms with van der Waals surface area (Å²) in [5.74, 6) is 1.64. The lowest BCUT2D eigenvalue weighted by Crippen LogP contribution is -2.38. The first-order valence-corrected chi connectivity index (χ1v) is 9.32. The minimum atomic E-state index is 0. The zero-order valence-electron chi connectivity index (χ0n) is 15.7. The first-order chi connectivity index (χ1) is 13.2. The molecule has 0 bridgehead atoms. The average Bonchev–Trinajstić information content (AvgIpc) is 3.23. The summed E-state index contributed by atoms with van der Waals surface area (Å²) in [5, 5.41) is 7.39. The Hall–Kier alpha value is -2.13. The molecule has 2 heterocycles. The number of benzene rings is 1. The molecule has 0 amide bonds. The van der Waals surface area contributed by atoms with Gasteiger partial charge >= 0.3 is 0 Å². The summed E-state index contributed by atoms with van der Waals surface area (Å²) in [4.78, 5) is 13.1. The van der Waals surface area contributed by atoms with E-state index in [4.69, 9.17) is 11.6 Å². The molecular weight excluding hydrogens is 487 g/mol. The fourth-order valence-corrected chi connectivity index (χ4v) is 2.67. The number of aromatic nitrogens is 3. The molecule has 0 saturated carbocycles. The van der Waals surface area contributed by atoms with Crippen LogP contribution >= 0.6 is 35.6 Å². The first-order valence-electron chi connectivity index (χ1n) is 8.94. The first kappa shape index (κ1) is 22.2. The van der Waals surface area contributed by atoms with Crippen molar-refractivity contribution in [1.82, 2.24) is 25.2 Å². The van der Waals surface area contributed by atoms with Crippen molar-refractivity contribution in [3.63, 3.8) is 0 Å². The minimum Gasteiger partial charge on any atom is -0.357 e. The summed E-state index contributed by atoms with van der Waals surface area (Å²) in [5.41, 5.74) is 2.29. The van der Waals surface area contributed by atoms with Crippen LogP contribution in [0.3, 0.4) is 0 Å². The predicted molar refractivity (Wildman–Crippen MR) is 125 cm³/mol. The number of nitrogens with zero attached hydrogens (tertiary/aromatic N) is 4. The number of aliphatic imine (C=N–C) groups is 1. The fourth-order valence-electron chi connectivity index (χ4n) is 2.55. The highest BCUT2D eigenvalue weighted by atomic mass is 127. The van der Waals surface area contributed by atoms with E-state index in [0.29, 0.717) is 6.54 Å². The number of hydrogen-bond donors (Lipinski definition) is 2. The van der Waals surface area contributed by atoms with Crippen LogP contribution in [-0.4, -0.2) is 33.6 Å². The van der Waals surface area contributed by atoms with Crippen molar-refractivity contribution in [3.05, 3.63) is 77.5 Å². The van der Waals surface area contributed by atoms with E-state index in [-0.39, 0.29) is 24.0 Å². The molecule has 2 N–H and O–H groups in total. The fraction of sp³-hybridized carbons (Fsp3) is 0.250. The average molecular weight is 511 g/mol. The highest BCUT2D eigenvalue weighted by Crippen LogP contribution is 2.09. The third-order valence-corrected chi connectivity index (χ3v) is 4.21. The molecular formula is C20H24ClIN6. The molecule has 0 aliphatic carbocycles. The molecule has 148 valence electrons. The van der Waals surface area contributed by atoms with Gasteiger partial charge in [0.1, 0.15) is 12.1 Å². The van der Waals surface area contributed by atoms with Crippen LogP contribution in [-0.2, 0) is 13.0 Å². The molecule has 0 unspecified atom stereocenters. The van der Waals surface area contributed by atoms with Gasteiger partial charge in [-0.3, -0.25) is 4.57 Å². The van der Waals surface area contributed by atoms with Crippen molar-refractivity contribution in [2.45, 2.75) is 19.9 Å². The maximum Gasteiger partial charge on any atom is 0.191 e. The van der Waals surface area contributed by atoms with Crippen LogP contribution in [0, 0.1) is 0 Å². The van der Waals surface area contributed by atoms with E-state index in [1.807, 2.05) is 53.4 Å². The Morgan fingerprint density at radius 3 is 2.54 bits per heavy atom. The number of pyridine rings is 1. The van der Waals surface area contributed by atoms with Crippen molar-refractivity contribution >= 4 is 41.5 Å². The second-order valence-corrected chi connectivity index (χ2v) is 6.43. The van der Waals surface area contributed by atoms with E-state index in [2.05, 4.69) is 32.5 Å². The zero-order chi connectivity index (χ0) is 18.9. The van der Waals surface area contributed by atoms with Crippen molar-refractivity contribution in [2.75, 3.05) is 13.1 Å². The normalized spacial score (nSPS) is 11.0. The topological polar surface area (TPSA) is 67.1 Å². The number of hydrogen-bond acceptors (Lipinski definition) is 3. The summed E-state index contributed by atoms with van der Waals surface area (Å²) < 4.78 is 1.87. The Morgan fingerprint density at radius 1 is 1.11 bits per heavy atom. The smallest absolute Gasteiger partial charge is 0.191 e. The van der Waals surface area contributed by atoms with Crippen LogP contribution in [0.1, 0.15) is 18.1 Å². The second-order valence-electron chi connectivity index (χ2n) is 5.99. The van der Waals surface area contributed by atoms with Crippen molar-refractivity contribution in [3.8, 4) is 5.82 Å². The highest BCUT2D eigenvalue weighted by Gasteiger charge is 2.01. The van der Waals surface area contributed by atoms with E-state index in [1.165, 1.54) is 5.56 Å². The van der Waals surface area contributed by atoms with Crippen LogP contribution in [0.15, 0.2) is 66.3 Å². The number of guanidine groups is 1. The van der Waals surface area contributed by atoms with Gasteiger partial charge in [-0.15, -0.1) is 24.0 Å². The van der Waals surface area contributed by atoms with E-state index in [0.717, 1.165) is 41.9 Å². The molecule has 28 heavy (non-hydrogen) atoms. The largest absolute Gasteiger partial charge is 0.357 e. The van der Waals surface area contributed by atoms with Gasteiger partial charge in [0, 0.05) is 36.7 Å². The van der Waals surface area contributed by atoms with Gasteiger partial charge in [0.05, 0.1) is 6.54 Å². The van der Waals surface area contributed by atoms with E-state index >= 15 is 0 Å². The van der Waals surface area contributed by atoms with Crippen LogP contribution in [0.25, 0.3) is 5.82 Å². The summed E-state index contributed by atoms with van der Waals surface area (Å²) in [7, 11) is 0.